The van der Waals surface area contributed by atoms with Crippen LogP contribution >= 0.6 is 0 Å². The minimum Gasteiger partial charge on any atom is -0.321 e. The van der Waals surface area contributed by atoms with Crippen molar-refractivity contribution in [2.24, 2.45) is 0 Å². The van der Waals surface area contributed by atoms with E-state index < -0.39 is 12.3 Å². The summed E-state index contributed by atoms with van der Waals surface area (Å²) in [6, 6.07) is 6.57. The molecule has 0 fully saturated rings. The van der Waals surface area contributed by atoms with E-state index in [9.17, 15) is 13.6 Å². The van der Waals surface area contributed by atoms with Crippen molar-refractivity contribution < 1.29 is 13.6 Å². The summed E-state index contributed by atoms with van der Waals surface area (Å²) in [4.78, 5) is 14.6. The first-order valence-corrected chi connectivity index (χ1v) is 5.15. The van der Waals surface area contributed by atoms with Gasteiger partial charge in [-0.05, 0) is 17.7 Å². The summed E-state index contributed by atoms with van der Waals surface area (Å²) in [5, 5.41) is 6.05. The van der Waals surface area contributed by atoms with Crippen LogP contribution in [-0.2, 0) is 11.3 Å². The molecule has 2 rings (SSSR count). The van der Waals surface area contributed by atoms with E-state index in [0.717, 1.165) is 5.56 Å². The second-order valence-corrected chi connectivity index (χ2v) is 3.58. The van der Waals surface area contributed by atoms with Crippen molar-refractivity contribution in [3.63, 3.8) is 0 Å². The smallest absolute Gasteiger partial charge is 0.315 e. The Morgan fingerprint density at radius 1 is 1.33 bits per heavy atom. The van der Waals surface area contributed by atoms with Gasteiger partial charge in [-0.3, -0.25) is 4.79 Å². The van der Waals surface area contributed by atoms with Crippen LogP contribution < -0.4 is 5.32 Å². The first kappa shape index (κ1) is 12.2. The molecule has 1 aromatic carbocycles. The summed E-state index contributed by atoms with van der Waals surface area (Å²) in [5.74, 6) is -1.31. The van der Waals surface area contributed by atoms with E-state index in [0.29, 0.717) is 12.2 Å². The normalized spacial score (nSPS) is 10.6. The van der Waals surface area contributed by atoms with Crippen LogP contribution in [0.4, 0.5) is 14.5 Å². The average Bonchev–Trinajstić information content (AvgIpc) is 2.84. The molecule has 94 valence electrons. The molecule has 0 aliphatic carbocycles. The number of alkyl halides is 2. The number of nitrogens with zero attached hydrogens (tertiary/aromatic N) is 3. The number of rotatable bonds is 4. The third-order valence-electron chi connectivity index (χ3n) is 2.23. The predicted octanol–water partition coefficient (Wildman–Crippen LogP) is 1.53. The van der Waals surface area contributed by atoms with Crippen LogP contribution in [0.15, 0.2) is 36.9 Å². The lowest BCUT2D eigenvalue weighted by Gasteiger charge is -2.06. The molecular weight excluding hydrogens is 242 g/mol. The zero-order chi connectivity index (χ0) is 13.0. The number of aromatic nitrogens is 3. The van der Waals surface area contributed by atoms with E-state index in [4.69, 9.17) is 0 Å². The second kappa shape index (κ2) is 5.35. The Bertz CT molecular complexity index is 510. The minimum absolute atomic E-state index is 0.336. The van der Waals surface area contributed by atoms with Gasteiger partial charge in [-0.1, -0.05) is 12.1 Å². The number of carbonyl (C=O) groups excluding carboxylic acids is 1. The largest absolute Gasteiger partial charge is 0.321 e. The molecule has 0 radical (unpaired) electrons. The molecule has 5 nitrogen and oxygen atoms in total. The Morgan fingerprint density at radius 2 is 2.06 bits per heavy atom. The Labute approximate surface area is 101 Å². The first-order chi connectivity index (χ1) is 8.65. The molecule has 0 unspecified atom stereocenters. The predicted molar refractivity (Wildman–Crippen MR) is 60.2 cm³/mol. The minimum atomic E-state index is -3.01. The van der Waals surface area contributed by atoms with Gasteiger partial charge in [0.25, 0.3) is 5.91 Å². The third kappa shape index (κ3) is 3.09. The third-order valence-corrected chi connectivity index (χ3v) is 2.23. The number of carbonyl (C=O) groups is 1. The second-order valence-electron chi connectivity index (χ2n) is 3.58. The molecule has 0 bridgehead atoms. The maximum Gasteiger partial charge on any atom is 0.315 e. The number of hydrogen-bond acceptors (Lipinski definition) is 3. The molecule has 0 atom stereocenters. The number of halogens is 2. The molecule has 1 aromatic heterocycles. The molecular formula is C11H10F2N4O. The number of amides is 1. The van der Waals surface area contributed by atoms with Crippen molar-refractivity contribution in [2.45, 2.75) is 13.0 Å². The number of benzene rings is 1. The maximum atomic E-state index is 12.0. The quantitative estimate of drug-likeness (QED) is 0.897. The lowest BCUT2D eigenvalue weighted by molar-refractivity contribution is -0.126. The summed E-state index contributed by atoms with van der Waals surface area (Å²) < 4.78 is 25.7. The molecule has 1 amide bonds. The van der Waals surface area contributed by atoms with Crippen LogP contribution in [0.25, 0.3) is 0 Å². The van der Waals surface area contributed by atoms with Gasteiger partial charge in [0, 0.05) is 5.69 Å². The fourth-order valence-corrected chi connectivity index (χ4v) is 1.39. The fourth-order valence-electron chi connectivity index (χ4n) is 1.39. The van der Waals surface area contributed by atoms with Gasteiger partial charge in [0.15, 0.2) is 0 Å². The topological polar surface area (TPSA) is 59.8 Å². The number of hydrogen-bond donors (Lipinski definition) is 1. The molecule has 1 heterocycles. The molecule has 18 heavy (non-hydrogen) atoms. The summed E-state index contributed by atoms with van der Waals surface area (Å²) in [5.41, 5.74) is 1.26. The fraction of sp³-hybridized carbons (Fsp3) is 0.182. The highest BCUT2D eigenvalue weighted by atomic mass is 19.3. The summed E-state index contributed by atoms with van der Waals surface area (Å²) in [7, 11) is 0. The van der Waals surface area contributed by atoms with E-state index in [1.165, 1.54) is 6.33 Å². The number of anilines is 1. The molecule has 0 spiro atoms. The van der Waals surface area contributed by atoms with Crippen LogP contribution in [0.3, 0.4) is 0 Å². The van der Waals surface area contributed by atoms with Crippen LogP contribution in [-0.4, -0.2) is 27.1 Å². The standard InChI is InChI=1S/C11H10F2N4O/c12-10(13)11(18)16-9-3-1-8(2-4-9)5-17-7-14-6-15-17/h1-4,6-7,10H,5H2,(H,16,18). The molecule has 1 N–H and O–H groups in total. The van der Waals surface area contributed by atoms with Gasteiger partial charge in [-0.25, -0.2) is 9.67 Å². The van der Waals surface area contributed by atoms with Gasteiger partial charge >= 0.3 is 6.43 Å². The van der Waals surface area contributed by atoms with Gasteiger partial charge < -0.3 is 5.32 Å². The summed E-state index contributed by atoms with van der Waals surface area (Å²) in [6.45, 7) is 0.531. The van der Waals surface area contributed by atoms with E-state index in [1.807, 2.05) is 0 Å². The molecule has 0 aliphatic heterocycles. The van der Waals surface area contributed by atoms with Gasteiger partial charge in [-0.2, -0.15) is 13.9 Å². The Balaban J connectivity index is 1.99. The lowest BCUT2D eigenvalue weighted by atomic mass is 10.2. The van der Waals surface area contributed by atoms with Gasteiger partial charge in [0.05, 0.1) is 6.54 Å². The Kier molecular flexibility index (Phi) is 3.61. The average molecular weight is 252 g/mol. The van der Waals surface area contributed by atoms with Crippen molar-refractivity contribution in [1.82, 2.24) is 14.8 Å². The lowest BCUT2D eigenvalue weighted by Crippen LogP contribution is -2.19. The zero-order valence-corrected chi connectivity index (χ0v) is 9.25. The van der Waals surface area contributed by atoms with Gasteiger partial charge in [0.1, 0.15) is 12.7 Å². The van der Waals surface area contributed by atoms with Crippen molar-refractivity contribution in [1.29, 1.82) is 0 Å². The van der Waals surface area contributed by atoms with E-state index in [2.05, 4.69) is 15.4 Å². The van der Waals surface area contributed by atoms with Crippen molar-refractivity contribution >= 4 is 11.6 Å². The highest BCUT2D eigenvalue weighted by Gasteiger charge is 2.14. The summed E-state index contributed by atoms with van der Waals surface area (Å²) in [6.07, 6.45) is -0.0104. The van der Waals surface area contributed by atoms with E-state index in [-0.39, 0.29) is 0 Å². The molecule has 2 aromatic rings. The van der Waals surface area contributed by atoms with Crippen LogP contribution in [0.5, 0.6) is 0 Å². The molecule has 0 saturated carbocycles. The van der Waals surface area contributed by atoms with Crippen molar-refractivity contribution in [3.05, 3.63) is 42.5 Å². The first-order valence-electron chi connectivity index (χ1n) is 5.15. The van der Waals surface area contributed by atoms with Crippen molar-refractivity contribution in [2.75, 3.05) is 5.32 Å². The van der Waals surface area contributed by atoms with Gasteiger partial charge in [-0.15, -0.1) is 0 Å². The monoisotopic (exact) mass is 252 g/mol. The highest BCUT2D eigenvalue weighted by Crippen LogP contribution is 2.11. The molecule has 7 heteroatoms. The van der Waals surface area contributed by atoms with Crippen LogP contribution in [0.2, 0.25) is 0 Å². The highest BCUT2D eigenvalue weighted by molar-refractivity contribution is 5.92. The van der Waals surface area contributed by atoms with Gasteiger partial charge in [0.2, 0.25) is 0 Å². The Hall–Kier alpha value is -2.31. The van der Waals surface area contributed by atoms with E-state index in [1.54, 1.807) is 35.3 Å². The SMILES string of the molecule is O=C(Nc1ccc(Cn2cncn2)cc1)C(F)F. The molecule has 0 aliphatic rings. The Morgan fingerprint density at radius 3 is 2.61 bits per heavy atom. The van der Waals surface area contributed by atoms with Crippen LogP contribution in [0, 0.1) is 0 Å². The number of nitrogens with one attached hydrogen (secondary N) is 1. The van der Waals surface area contributed by atoms with Crippen LogP contribution in [0.1, 0.15) is 5.56 Å². The maximum absolute atomic E-state index is 12.0. The van der Waals surface area contributed by atoms with E-state index >= 15 is 0 Å². The zero-order valence-electron chi connectivity index (χ0n) is 9.25. The van der Waals surface area contributed by atoms with Crippen molar-refractivity contribution in [3.8, 4) is 0 Å². The molecule has 0 saturated heterocycles. The summed E-state index contributed by atoms with van der Waals surface area (Å²) >= 11 is 0.